The Hall–Kier alpha value is -2.60. The molecule has 0 fully saturated rings. The van der Waals surface area contributed by atoms with E-state index in [0.717, 1.165) is 16.7 Å². The van der Waals surface area contributed by atoms with Gasteiger partial charge in [-0.25, -0.2) is 9.97 Å². The molecule has 1 heterocycles. The maximum atomic E-state index is 11.6. The smallest absolute Gasteiger partial charge is 0.190 e. The number of fused-ring (bicyclic) bond motifs is 1. The van der Waals surface area contributed by atoms with Crippen molar-refractivity contribution in [3.05, 3.63) is 54.1 Å². The Bertz CT molecular complexity index is 899. The van der Waals surface area contributed by atoms with Gasteiger partial charge in [0.2, 0.25) is 0 Å². The molecule has 128 valence electrons. The van der Waals surface area contributed by atoms with Crippen molar-refractivity contribution in [2.24, 2.45) is 0 Å². The predicted octanol–water partition coefficient (Wildman–Crippen LogP) is 4.05. The summed E-state index contributed by atoms with van der Waals surface area (Å²) in [5.74, 6) is 2.12. The van der Waals surface area contributed by atoms with E-state index in [9.17, 15) is 4.79 Å². The van der Waals surface area contributed by atoms with Crippen molar-refractivity contribution < 1.29 is 9.53 Å². The van der Waals surface area contributed by atoms with Crippen LogP contribution in [0.4, 0.5) is 5.82 Å². The lowest BCUT2D eigenvalue weighted by atomic mass is 10.1. The molecule has 0 aliphatic heterocycles. The molecular weight excluding hydrogens is 334 g/mol. The first-order valence-corrected chi connectivity index (χ1v) is 8.97. The quantitative estimate of drug-likeness (QED) is 0.299. The Kier molecular flexibility index (Phi) is 5.50. The normalized spacial score (nSPS) is 10.6. The molecule has 0 saturated carbocycles. The molecule has 0 aliphatic carbocycles. The first kappa shape index (κ1) is 17.2. The minimum Gasteiger partial charge on any atom is -0.492 e. The number of nitrogens with one attached hydrogen (secondary N) is 1. The SMILES string of the molecule is CNc1nc(SCCOc2ccccc2C(C)=O)nc2ccccc12. The molecule has 3 aromatic rings. The molecule has 1 N–H and O–H groups in total. The number of thioether (sulfide) groups is 1. The topological polar surface area (TPSA) is 64.1 Å². The van der Waals surface area contributed by atoms with E-state index >= 15 is 0 Å². The van der Waals surface area contributed by atoms with Crippen LogP contribution in [0.15, 0.2) is 53.7 Å². The standard InChI is InChI=1S/C19H19N3O2S/c1-13(23)14-7-4-6-10-17(14)24-11-12-25-19-21-16-9-5-3-8-15(16)18(20-2)22-19/h3-10H,11-12H2,1-2H3,(H,20,21,22). The number of Topliss-reactive ketones (excluding diaryl/α,β-unsaturated/α-hetero) is 1. The molecule has 6 heteroatoms. The Balaban J connectivity index is 1.65. The third-order valence-corrected chi connectivity index (χ3v) is 4.47. The van der Waals surface area contributed by atoms with Crippen LogP contribution < -0.4 is 10.1 Å². The van der Waals surface area contributed by atoms with Gasteiger partial charge in [0.25, 0.3) is 0 Å². The first-order valence-electron chi connectivity index (χ1n) is 7.99. The minimum absolute atomic E-state index is 0.000206. The van der Waals surface area contributed by atoms with Crippen LogP contribution in [-0.2, 0) is 0 Å². The fourth-order valence-corrected chi connectivity index (χ4v) is 3.15. The van der Waals surface area contributed by atoms with E-state index in [1.807, 2.05) is 49.5 Å². The van der Waals surface area contributed by atoms with E-state index < -0.39 is 0 Å². The van der Waals surface area contributed by atoms with Crippen molar-refractivity contribution in [1.82, 2.24) is 9.97 Å². The monoisotopic (exact) mass is 353 g/mol. The highest BCUT2D eigenvalue weighted by Gasteiger charge is 2.09. The number of rotatable bonds is 7. The van der Waals surface area contributed by atoms with Crippen molar-refractivity contribution >= 4 is 34.3 Å². The first-order chi connectivity index (χ1) is 12.2. The number of hydrogen-bond acceptors (Lipinski definition) is 6. The summed E-state index contributed by atoms with van der Waals surface area (Å²) in [6, 6.07) is 15.2. The fourth-order valence-electron chi connectivity index (χ4n) is 2.48. The number of ketones is 1. The van der Waals surface area contributed by atoms with Crippen LogP contribution in [0.1, 0.15) is 17.3 Å². The van der Waals surface area contributed by atoms with Crippen LogP contribution in [0.5, 0.6) is 5.75 Å². The number of aromatic nitrogens is 2. The van der Waals surface area contributed by atoms with Crippen LogP contribution in [-0.4, -0.2) is 35.2 Å². The Morgan fingerprint density at radius 1 is 1.12 bits per heavy atom. The molecule has 0 aliphatic rings. The van der Waals surface area contributed by atoms with Crippen LogP contribution in [0.2, 0.25) is 0 Å². The van der Waals surface area contributed by atoms with Crippen molar-refractivity contribution in [2.75, 3.05) is 24.7 Å². The van der Waals surface area contributed by atoms with Crippen LogP contribution in [0.3, 0.4) is 0 Å². The van der Waals surface area contributed by atoms with E-state index in [2.05, 4.69) is 15.3 Å². The van der Waals surface area contributed by atoms with Gasteiger partial charge in [0.15, 0.2) is 10.9 Å². The summed E-state index contributed by atoms with van der Waals surface area (Å²) in [7, 11) is 1.85. The highest BCUT2D eigenvalue weighted by atomic mass is 32.2. The van der Waals surface area contributed by atoms with Gasteiger partial charge in [-0.15, -0.1) is 0 Å². The molecule has 0 spiro atoms. The van der Waals surface area contributed by atoms with Gasteiger partial charge in [-0.05, 0) is 31.2 Å². The Morgan fingerprint density at radius 3 is 2.68 bits per heavy atom. The largest absolute Gasteiger partial charge is 0.492 e. The lowest BCUT2D eigenvalue weighted by Crippen LogP contribution is -2.05. The molecule has 1 aromatic heterocycles. The number of para-hydroxylation sites is 2. The average Bonchev–Trinajstić information content (AvgIpc) is 2.64. The molecule has 0 amide bonds. The Labute approximate surface area is 150 Å². The summed E-state index contributed by atoms with van der Waals surface area (Å²) in [4.78, 5) is 20.7. The van der Waals surface area contributed by atoms with Gasteiger partial charge in [0.1, 0.15) is 11.6 Å². The summed E-state index contributed by atoms with van der Waals surface area (Å²) >= 11 is 1.53. The summed E-state index contributed by atoms with van der Waals surface area (Å²) in [5.41, 5.74) is 1.51. The molecule has 0 saturated heterocycles. The average molecular weight is 353 g/mol. The second-order valence-electron chi connectivity index (χ2n) is 5.37. The van der Waals surface area contributed by atoms with Crippen LogP contribution in [0, 0.1) is 0 Å². The zero-order valence-electron chi connectivity index (χ0n) is 14.2. The highest BCUT2D eigenvalue weighted by molar-refractivity contribution is 7.99. The molecule has 25 heavy (non-hydrogen) atoms. The Morgan fingerprint density at radius 2 is 1.88 bits per heavy atom. The number of anilines is 1. The van der Waals surface area contributed by atoms with Crippen molar-refractivity contribution in [3.8, 4) is 5.75 Å². The zero-order valence-corrected chi connectivity index (χ0v) is 15.0. The lowest BCUT2D eigenvalue weighted by molar-refractivity contribution is 0.101. The van der Waals surface area contributed by atoms with E-state index in [4.69, 9.17) is 4.74 Å². The van der Waals surface area contributed by atoms with E-state index in [0.29, 0.717) is 28.8 Å². The van der Waals surface area contributed by atoms with Crippen LogP contribution >= 0.6 is 11.8 Å². The van der Waals surface area contributed by atoms with Crippen LogP contribution in [0.25, 0.3) is 10.9 Å². The summed E-state index contributed by atoms with van der Waals surface area (Å²) in [5, 5.41) is 4.81. The molecule has 0 unspecified atom stereocenters. The van der Waals surface area contributed by atoms with Gasteiger partial charge >= 0.3 is 0 Å². The molecule has 0 atom stereocenters. The second-order valence-corrected chi connectivity index (χ2v) is 6.43. The van der Waals surface area contributed by atoms with Gasteiger partial charge < -0.3 is 10.1 Å². The van der Waals surface area contributed by atoms with Gasteiger partial charge in [-0.2, -0.15) is 0 Å². The summed E-state index contributed by atoms with van der Waals surface area (Å²) < 4.78 is 5.75. The highest BCUT2D eigenvalue weighted by Crippen LogP contribution is 2.24. The van der Waals surface area contributed by atoms with E-state index in [1.54, 1.807) is 13.0 Å². The number of carbonyl (C=O) groups is 1. The zero-order chi connectivity index (χ0) is 17.6. The molecule has 2 aromatic carbocycles. The third kappa shape index (κ3) is 4.09. The summed E-state index contributed by atoms with van der Waals surface area (Å²) in [6.07, 6.45) is 0. The van der Waals surface area contributed by atoms with Gasteiger partial charge in [-0.3, -0.25) is 4.79 Å². The molecule has 3 rings (SSSR count). The van der Waals surface area contributed by atoms with Gasteiger partial charge in [0, 0.05) is 18.2 Å². The third-order valence-electron chi connectivity index (χ3n) is 3.66. The lowest BCUT2D eigenvalue weighted by Gasteiger charge is -2.10. The second kappa shape index (κ2) is 7.98. The van der Waals surface area contributed by atoms with E-state index in [-0.39, 0.29) is 5.78 Å². The fraction of sp³-hybridized carbons (Fsp3) is 0.211. The number of benzene rings is 2. The number of carbonyl (C=O) groups excluding carboxylic acids is 1. The maximum absolute atomic E-state index is 11.6. The molecule has 0 bridgehead atoms. The van der Waals surface area contributed by atoms with Gasteiger partial charge in [-0.1, -0.05) is 36.0 Å². The predicted molar refractivity (Wildman–Crippen MR) is 102 cm³/mol. The minimum atomic E-state index is -0.000206. The van der Waals surface area contributed by atoms with Crippen molar-refractivity contribution in [2.45, 2.75) is 12.1 Å². The van der Waals surface area contributed by atoms with Crippen molar-refractivity contribution in [1.29, 1.82) is 0 Å². The summed E-state index contributed by atoms with van der Waals surface area (Å²) in [6.45, 7) is 2.01. The number of ether oxygens (including phenoxy) is 1. The number of nitrogens with zero attached hydrogens (tertiary/aromatic N) is 2. The van der Waals surface area contributed by atoms with E-state index in [1.165, 1.54) is 11.8 Å². The number of hydrogen-bond donors (Lipinski definition) is 1. The van der Waals surface area contributed by atoms with Gasteiger partial charge in [0.05, 0.1) is 17.7 Å². The molecule has 0 radical (unpaired) electrons. The molecular formula is C19H19N3O2S. The molecule has 5 nitrogen and oxygen atoms in total. The maximum Gasteiger partial charge on any atom is 0.190 e. The van der Waals surface area contributed by atoms with Crippen molar-refractivity contribution in [3.63, 3.8) is 0 Å².